The van der Waals surface area contributed by atoms with Crippen molar-refractivity contribution in [2.45, 2.75) is 20.0 Å². The molecule has 0 atom stereocenters. The fraction of sp³-hybridized carbons (Fsp3) is 0.312. The van der Waals surface area contributed by atoms with Gasteiger partial charge in [-0.15, -0.1) is 0 Å². The van der Waals surface area contributed by atoms with E-state index in [-0.39, 0.29) is 0 Å². The quantitative estimate of drug-likeness (QED) is 0.890. The maximum atomic E-state index is 4.34. The molecular formula is C16H21N3. The Kier molecular flexibility index (Phi) is 4.53. The summed E-state index contributed by atoms with van der Waals surface area (Å²) < 4.78 is 0. The number of rotatable bonds is 5. The number of nitrogens with zero attached hydrogens (tertiary/aromatic N) is 2. The lowest BCUT2D eigenvalue weighted by Gasteiger charge is -2.19. The van der Waals surface area contributed by atoms with Gasteiger partial charge in [0.05, 0.1) is 0 Å². The third kappa shape index (κ3) is 3.55. The normalized spacial score (nSPS) is 10.7. The first-order chi connectivity index (χ1) is 9.20. The van der Waals surface area contributed by atoms with E-state index in [1.807, 2.05) is 19.3 Å². The Morgan fingerprint density at radius 3 is 2.47 bits per heavy atom. The number of hydrogen-bond donors (Lipinski definition) is 1. The molecule has 1 aromatic carbocycles. The number of benzene rings is 1. The van der Waals surface area contributed by atoms with Crippen LogP contribution in [0.1, 0.15) is 16.7 Å². The molecule has 1 heterocycles. The third-order valence-electron chi connectivity index (χ3n) is 3.27. The minimum atomic E-state index is 0.887. The SMILES string of the molecule is CNc1ncccc1CN(C)Cc1ccccc1C. The first-order valence-corrected chi connectivity index (χ1v) is 6.55. The van der Waals surface area contributed by atoms with E-state index in [2.05, 4.69) is 59.5 Å². The van der Waals surface area contributed by atoms with Gasteiger partial charge in [0.1, 0.15) is 5.82 Å². The van der Waals surface area contributed by atoms with Gasteiger partial charge in [0, 0.05) is 31.9 Å². The fourth-order valence-electron chi connectivity index (χ4n) is 2.22. The van der Waals surface area contributed by atoms with E-state index in [1.54, 1.807) is 0 Å². The van der Waals surface area contributed by atoms with Crippen LogP contribution in [0.15, 0.2) is 42.6 Å². The third-order valence-corrected chi connectivity index (χ3v) is 3.27. The van der Waals surface area contributed by atoms with Crippen LogP contribution in [-0.4, -0.2) is 24.0 Å². The number of anilines is 1. The largest absolute Gasteiger partial charge is 0.373 e. The van der Waals surface area contributed by atoms with E-state index < -0.39 is 0 Å². The van der Waals surface area contributed by atoms with E-state index >= 15 is 0 Å². The molecule has 100 valence electrons. The molecule has 0 saturated carbocycles. The first-order valence-electron chi connectivity index (χ1n) is 6.55. The van der Waals surface area contributed by atoms with Crippen molar-refractivity contribution in [3.63, 3.8) is 0 Å². The van der Waals surface area contributed by atoms with E-state index in [0.717, 1.165) is 18.9 Å². The Balaban J connectivity index is 2.05. The maximum absolute atomic E-state index is 4.34. The lowest BCUT2D eigenvalue weighted by molar-refractivity contribution is 0.318. The highest BCUT2D eigenvalue weighted by Gasteiger charge is 2.07. The average Bonchev–Trinajstić information content (AvgIpc) is 2.42. The number of hydrogen-bond acceptors (Lipinski definition) is 3. The summed E-state index contributed by atoms with van der Waals surface area (Å²) in [6, 6.07) is 12.6. The molecule has 0 amide bonds. The summed E-state index contributed by atoms with van der Waals surface area (Å²) in [6.07, 6.45) is 1.82. The van der Waals surface area contributed by atoms with E-state index in [0.29, 0.717) is 0 Å². The minimum absolute atomic E-state index is 0.887. The van der Waals surface area contributed by atoms with Crippen LogP contribution in [0.25, 0.3) is 0 Å². The van der Waals surface area contributed by atoms with Gasteiger partial charge >= 0.3 is 0 Å². The van der Waals surface area contributed by atoms with Gasteiger partial charge < -0.3 is 5.32 Å². The molecule has 0 unspecified atom stereocenters. The van der Waals surface area contributed by atoms with Crippen LogP contribution >= 0.6 is 0 Å². The molecule has 1 N–H and O–H groups in total. The zero-order chi connectivity index (χ0) is 13.7. The molecule has 1 aromatic heterocycles. The topological polar surface area (TPSA) is 28.2 Å². The molecule has 0 saturated heterocycles. The zero-order valence-electron chi connectivity index (χ0n) is 11.9. The Morgan fingerprint density at radius 2 is 1.74 bits per heavy atom. The standard InChI is InChI=1S/C16H21N3/c1-13-7-4-5-8-14(13)11-19(3)12-15-9-6-10-18-16(15)17-2/h4-10H,11-12H2,1-3H3,(H,17,18). The van der Waals surface area contributed by atoms with Crippen molar-refractivity contribution < 1.29 is 0 Å². The summed E-state index contributed by atoms with van der Waals surface area (Å²) in [5.74, 6) is 0.958. The van der Waals surface area contributed by atoms with Crippen molar-refractivity contribution in [2.75, 3.05) is 19.4 Å². The number of nitrogens with one attached hydrogen (secondary N) is 1. The van der Waals surface area contributed by atoms with Crippen molar-refractivity contribution >= 4 is 5.82 Å². The highest BCUT2D eigenvalue weighted by atomic mass is 15.1. The Morgan fingerprint density at radius 1 is 1.05 bits per heavy atom. The van der Waals surface area contributed by atoms with E-state index in [4.69, 9.17) is 0 Å². The predicted molar refractivity (Wildman–Crippen MR) is 80.1 cm³/mol. The maximum Gasteiger partial charge on any atom is 0.130 e. The van der Waals surface area contributed by atoms with Crippen molar-refractivity contribution in [1.29, 1.82) is 0 Å². The lowest BCUT2D eigenvalue weighted by Crippen LogP contribution is -2.18. The van der Waals surface area contributed by atoms with Crippen molar-refractivity contribution in [1.82, 2.24) is 9.88 Å². The molecule has 0 bridgehead atoms. The molecule has 19 heavy (non-hydrogen) atoms. The predicted octanol–water partition coefficient (Wildman–Crippen LogP) is 3.06. The second-order valence-corrected chi connectivity index (χ2v) is 4.86. The number of pyridine rings is 1. The van der Waals surface area contributed by atoms with Gasteiger partial charge in [-0.05, 0) is 31.2 Å². The summed E-state index contributed by atoms with van der Waals surface area (Å²) in [5, 5.41) is 3.14. The summed E-state index contributed by atoms with van der Waals surface area (Å²) >= 11 is 0. The van der Waals surface area contributed by atoms with Crippen LogP contribution in [0, 0.1) is 6.92 Å². The van der Waals surface area contributed by atoms with E-state index in [1.165, 1.54) is 16.7 Å². The Bertz CT molecular complexity index is 537. The monoisotopic (exact) mass is 255 g/mol. The molecule has 0 spiro atoms. The first kappa shape index (κ1) is 13.6. The molecule has 0 aliphatic heterocycles. The van der Waals surface area contributed by atoms with Crippen LogP contribution in [0.2, 0.25) is 0 Å². The molecule has 0 radical (unpaired) electrons. The molecule has 0 aliphatic carbocycles. The van der Waals surface area contributed by atoms with Crippen molar-refractivity contribution in [2.24, 2.45) is 0 Å². The Hall–Kier alpha value is -1.87. The van der Waals surface area contributed by atoms with Crippen LogP contribution in [0.5, 0.6) is 0 Å². The van der Waals surface area contributed by atoms with Crippen molar-refractivity contribution in [3.8, 4) is 0 Å². The van der Waals surface area contributed by atoms with Gasteiger partial charge in [-0.1, -0.05) is 30.3 Å². The van der Waals surface area contributed by atoms with Gasteiger partial charge in [0.2, 0.25) is 0 Å². The highest BCUT2D eigenvalue weighted by molar-refractivity contribution is 5.42. The van der Waals surface area contributed by atoms with Crippen LogP contribution in [0.4, 0.5) is 5.82 Å². The number of aromatic nitrogens is 1. The molecule has 3 heteroatoms. The zero-order valence-corrected chi connectivity index (χ0v) is 11.9. The summed E-state index contributed by atoms with van der Waals surface area (Å²) in [6.45, 7) is 4.00. The van der Waals surface area contributed by atoms with Gasteiger partial charge in [0.25, 0.3) is 0 Å². The average molecular weight is 255 g/mol. The van der Waals surface area contributed by atoms with Gasteiger partial charge in [-0.3, -0.25) is 4.90 Å². The summed E-state index contributed by atoms with van der Waals surface area (Å²) in [5.41, 5.74) is 3.94. The van der Waals surface area contributed by atoms with Crippen LogP contribution in [-0.2, 0) is 13.1 Å². The van der Waals surface area contributed by atoms with Crippen molar-refractivity contribution in [3.05, 3.63) is 59.3 Å². The van der Waals surface area contributed by atoms with Gasteiger partial charge in [0.15, 0.2) is 0 Å². The second kappa shape index (κ2) is 6.34. The lowest BCUT2D eigenvalue weighted by atomic mass is 10.1. The number of aryl methyl sites for hydroxylation is 1. The van der Waals surface area contributed by atoms with Crippen LogP contribution in [0.3, 0.4) is 0 Å². The van der Waals surface area contributed by atoms with Crippen LogP contribution < -0.4 is 5.32 Å². The molecule has 2 rings (SSSR count). The highest BCUT2D eigenvalue weighted by Crippen LogP contribution is 2.15. The van der Waals surface area contributed by atoms with Gasteiger partial charge in [-0.25, -0.2) is 4.98 Å². The molecular weight excluding hydrogens is 234 g/mol. The summed E-state index contributed by atoms with van der Waals surface area (Å²) in [4.78, 5) is 6.64. The molecule has 3 nitrogen and oxygen atoms in total. The Labute approximate surface area is 115 Å². The summed E-state index contributed by atoms with van der Waals surface area (Å²) in [7, 11) is 4.05. The molecule has 2 aromatic rings. The van der Waals surface area contributed by atoms with Gasteiger partial charge in [-0.2, -0.15) is 0 Å². The smallest absolute Gasteiger partial charge is 0.130 e. The van der Waals surface area contributed by atoms with E-state index in [9.17, 15) is 0 Å². The second-order valence-electron chi connectivity index (χ2n) is 4.86. The molecule has 0 fully saturated rings. The molecule has 0 aliphatic rings. The fourth-order valence-corrected chi connectivity index (χ4v) is 2.22. The minimum Gasteiger partial charge on any atom is -0.373 e.